The van der Waals surface area contributed by atoms with Crippen LogP contribution in [0.5, 0.6) is 0 Å². The number of anilines is 2. The first kappa shape index (κ1) is 30.7. The molecule has 0 bridgehead atoms. The fourth-order valence-electron chi connectivity index (χ4n) is 5.31. The maximum absolute atomic E-state index is 12.3. The van der Waals surface area contributed by atoms with Crippen molar-refractivity contribution in [3.8, 4) is 0 Å². The first-order valence-corrected chi connectivity index (χ1v) is 15.3. The van der Waals surface area contributed by atoms with E-state index in [0.29, 0.717) is 11.1 Å². The third-order valence-electron chi connectivity index (χ3n) is 7.51. The molecule has 2 N–H and O–H groups in total. The third kappa shape index (κ3) is 7.35. The zero-order valence-corrected chi connectivity index (χ0v) is 26.1. The topological polar surface area (TPSA) is 84.2 Å². The van der Waals surface area contributed by atoms with Crippen LogP contribution in [0.4, 0.5) is 11.4 Å². The van der Waals surface area contributed by atoms with Crippen molar-refractivity contribution in [1.82, 2.24) is 4.98 Å². The minimum Gasteiger partial charge on any atom is -0.454 e. The number of hydrogen-bond acceptors (Lipinski definition) is 6. The van der Waals surface area contributed by atoms with Crippen LogP contribution in [0.25, 0.3) is 32.8 Å². The van der Waals surface area contributed by atoms with Crippen LogP contribution in [-0.2, 0) is 0 Å². The Balaban J connectivity index is 0.000000166. The number of ketones is 2. The van der Waals surface area contributed by atoms with E-state index in [1.807, 2.05) is 147 Å². The highest BCUT2D eigenvalue weighted by atomic mass is 16.3. The maximum Gasteiger partial charge on any atom is 0.187 e. The molecular weight excluding hydrogens is 582 g/mol. The van der Waals surface area contributed by atoms with Gasteiger partial charge in [0.15, 0.2) is 17.1 Å². The van der Waals surface area contributed by atoms with E-state index in [0.717, 1.165) is 55.6 Å². The van der Waals surface area contributed by atoms with Crippen LogP contribution in [0.15, 0.2) is 168 Å². The molecule has 5 aromatic carbocycles. The Morgan fingerprint density at radius 2 is 1.11 bits per heavy atom. The van der Waals surface area contributed by atoms with Gasteiger partial charge >= 0.3 is 0 Å². The van der Waals surface area contributed by atoms with Gasteiger partial charge < -0.3 is 15.1 Å². The third-order valence-corrected chi connectivity index (χ3v) is 7.51. The molecule has 0 spiro atoms. The second kappa shape index (κ2) is 14.2. The second-order valence-electron chi connectivity index (χ2n) is 11.0. The Kier molecular flexibility index (Phi) is 9.30. The zero-order valence-electron chi connectivity index (χ0n) is 26.1. The van der Waals surface area contributed by atoms with E-state index in [2.05, 4.69) is 15.6 Å². The van der Waals surface area contributed by atoms with Crippen molar-refractivity contribution in [3.05, 3.63) is 174 Å². The van der Waals surface area contributed by atoms with Gasteiger partial charge in [-0.1, -0.05) is 109 Å². The number of hydrogen-bond donors (Lipinski definition) is 2. The van der Waals surface area contributed by atoms with Gasteiger partial charge in [-0.15, -0.1) is 0 Å². The van der Waals surface area contributed by atoms with Crippen LogP contribution in [-0.4, -0.2) is 16.6 Å². The summed E-state index contributed by atoms with van der Waals surface area (Å²) < 4.78 is 6.00. The molecule has 0 aliphatic heterocycles. The number of fused-ring (bicyclic) bond motifs is 4. The number of para-hydroxylation sites is 3. The van der Waals surface area contributed by atoms with E-state index in [9.17, 15) is 9.59 Å². The molecule has 230 valence electrons. The lowest BCUT2D eigenvalue weighted by molar-refractivity contribution is 0.103. The van der Waals surface area contributed by atoms with Gasteiger partial charge in [0.2, 0.25) is 0 Å². The number of aromatic nitrogens is 1. The van der Waals surface area contributed by atoms with Crippen LogP contribution in [0.2, 0.25) is 0 Å². The van der Waals surface area contributed by atoms with Crippen LogP contribution < -0.4 is 10.6 Å². The summed E-state index contributed by atoms with van der Waals surface area (Å²) in [6.07, 6.45) is 4.98. The Labute approximate surface area is 273 Å². The summed E-state index contributed by atoms with van der Waals surface area (Å²) in [5.74, 6) is -0.0406. The summed E-state index contributed by atoms with van der Waals surface area (Å²) in [5.41, 5.74) is 7.19. The van der Waals surface area contributed by atoms with Gasteiger partial charge in [0, 0.05) is 57.0 Å². The summed E-state index contributed by atoms with van der Waals surface area (Å²) in [6, 6.07) is 42.3. The van der Waals surface area contributed by atoms with E-state index in [-0.39, 0.29) is 11.6 Å². The summed E-state index contributed by atoms with van der Waals surface area (Å²) in [6.45, 7) is 3.75. The molecular formula is C41H33N3O3. The number of carbonyl (C=O) groups excluding carboxylic acids is 2. The van der Waals surface area contributed by atoms with Crippen molar-refractivity contribution in [2.45, 2.75) is 13.8 Å². The summed E-state index contributed by atoms with van der Waals surface area (Å²) in [5, 5.41) is 9.77. The molecule has 7 aromatic rings. The Bertz CT molecular complexity index is 2250. The van der Waals surface area contributed by atoms with Gasteiger partial charge in [0.05, 0.1) is 16.9 Å². The fourth-order valence-corrected chi connectivity index (χ4v) is 5.31. The van der Waals surface area contributed by atoms with E-state index in [1.54, 1.807) is 18.3 Å². The lowest BCUT2D eigenvalue weighted by Crippen LogP contribution is -2.02. The summed E-state index contributed by atoms with van der Waals surface area (Å²) >= 11 is 0. The molecule has 2 heterocycles. The van der Waals surface area contributed by atoms with E-state index >= 15 is 0 Å². The molecule has 2 aromatic heterocycles. The number of carbonyl (C=O) groups is 2. The minimum atomic E-state index is -0.0256. The maximum atomic E-state index is 12.3. The molecule has 0 amide bonds. The van der Waals surface area contributed by atoms with Crippen molar-refractivity contribution in [1.29, 1.82) is 0 Å². The number of nitrogens with one attached hydrogen (secondary N) is 2. The highest BCUT2D eigenvalue weighted by Gasteiger charge is 2.11. The van der Waals surface area contributed by atoms with Gasteiger partial charge in [-0.05, 0) is 38.1 Å². The van der Waals surface area contributed by atoms with E-state index < -0.39 is 0 Å². The fraction of sp³-hybridized carbons (Fsp3) is 0.0488. The first-order chi connectivity index (χ1) is 23.0. The molecule has 0 atom stereocenters. The summed E-state index contributed by atoms with van der Waals surface area (Å²) in [4.78, 5) is 28.9. The number of rotatable bonds is 8. The first-order valence-electron chi connectivity index (χ1n) is 15.3. The summed E-state index contributed by atoms with van der Waals surface area (Å²) in [7, 11) is 0. The van der Waals surface area contributed by atoms with Crippen LogP contribution in [0.1, 0.15) is 34.6 Å². The van der Waals surface area contributed by atoms with Crippen LogP contribution >= 0.6 is 0 Å². The molecule has 0 saturated carbocycles. The highest BCUT2D eigenvalue weighted by molar-refractivity contribution is 6.09. The molecule has 0 unspecified atom stereocenters. The number of pyridine rings is 1. The van der Waals surface area contributed by atoms with Crippen LogP contribution in [0.3, 0.4) is 0 Å². The SMILES string of the molecule is C/C(=C/C(=O)c1ccccc1)Nc1cccc2c1oc1ccccc12.C/C(=C/C(=O)c1ccccc1)Nc1cccc2cccnc12. The molecule has 0 aliphatic rings. The molecule has 0 fully saturated rings. The quantitative estimate of drug-likeness (QED) is 0.131. The lowest BCUT2D eigenvalue weighted by Gasteiger charge is -2.09. The van der Waals surface area contributed by atoms with Crippen molar-refractivity contribution in [2.75, 3.05) is 10.6 Å². The number of furan rings is 1. The van der Waals surface area contributed by atoms with Crippen molar-refractivity contribution in [3.63, 3.8) is 0 Å². The molecule has 0 aliphatic carbocycles. The van der Waals surface area contributed by atoms with Gasteiger partial charge in [0.1, 0.15) is 5.58 Å². The van der Waals surface area contributed by atoms with Crippen molar-refractivity contribution >= 4 is 55.8 Å². The van der Waals surface area contributed by atoms with Crippen molar-refractivity contribution < 1.29 is 14.0 Å². The average Bonchev–Trinajstić information content (AvgIpc) is 3.49. The monoisotopic (exact) mass is 615 g/mol. The van der Waals surface area contributed by atoms with Gasteiger partial charge in [-0.3, -0.25) is 14.6 Å². The normalized spacial score (nSPS) is 11.6. The van der Waals surface area contributed by atoms with Gasteiger partial charge in [0.25, 0.3) is 0 Å². The Morgan fingerprint density at radius 1 is 0.574 bits per heavy atom. The molecule has 7 rings (SSSR count). The average molecular weight is 616 g/mol. The van der Waals surface area contributed by atoms with Crippen molar-refractivity contribution in [2.24, 2.45) is 0 Å². The second-order valence-corrected chi connectivity index (χ2v) is 11.0. The number of nitrogens with zero attached hydrogens (tertiary/aromatic N) is 1. The molecule has 6 nitrogen and oxygen atoms in total. The van der Waals surface area contributed by atoms with E-state index in [4.69, 9.17) is 4.42 Å². The highest BCUT2D eigenvalue weighted by Crippen LogP contribution is 2.33. The zero-order chi connectivity index (χ0) is 32.6. The number of benzene rings is 5. The largest absolute Gasteiger partial charge is 0.454 e. The Hall–Kier alpha value is -6.27. The number of allylic oxidation sites excluding steroid dienone is 4. The predicted molar refractivity (Wildman–Crippen MR) is 192 cm³/mol. The standard InChI is InChI=1S/C22H17NO2.C19H16N2O/c1-15(14-20(24)16-8-3-2-4-9-16)23-19-12-7-11-18-17-10-5-6-13-21(17)25-22(18)19;1-14(13-18(22)15-7-3-2-4-8-15)21-17-11-5-9-16-10-6-12-20-19(16)17/h2-14,23H,1H3;2-13,21H,1H3/b15-14-;14-13-. The van der Waals surface area contributed by atoms with E-state index in [1.165, 1.54) is 0 Å². The Morgan fingerprint density at radius 3 is 1.79 bits per heavy atom. The van der Waals surface area contributed by atoms with Gasteiger partial charge in [-0.2, -0.15) is 0 Å². The van der Waals surface area contributed by atoms with Gasteiger partial charge in [-0.25, -0.2) is 0 Å². The minimum absolute atomic E-state index is 0.0150. The smallest absolute Gasteiger partial charge is 0.187 e. The van der Waals surface area contributed by atoms with Crippen LogP contribution in [0, 0.1) is 0 Å². The molecule has 6 heteroatoms. The lowest BCUT2D eigenvalue weighted by atomic mass is 10.1. The molecule has 0 saturated heterocycles. The molecule has 0 radical (unpaired) electrons. The molecule has 47 heavy (non-hydrogen) atoms. The predicted octanol–water partition coefficient (Wildman–Crippen LogP) is 10.2.